The van der Waals surface area contributed by atoms with E-state index in [0.29, 0.717) is 12.2 Å². The number of carbonyl (C=O) groups is 2. The highest BCUT2D eigenvalue weighted by Crippen LogP contribution is 2.24. The number of amides is 2. The molecule has 126 valence electrons. The first-order chi connectivity index (χ1) is 10.8. The summed E-state index contributed by atoms with van der Waals surface area (Å²) in [6, 6.07) is 7.17. The van der Waals surface area contributed by atoms with Gasteiger partial charge in [-0.1, -0.05) is 32.9 Å². The van der Waals surface area contributed by atoms with E-state index in [1.54, 1.807) is 29.2 Å². The lowest BCUT2D eigenvalue weighted by Gasteiger charge is -2.35. The SMILES string of the molecule is CC(C)(C)C(=O)N1CCCC(C(=O)Nc2cccc(CO)c2)C1. The molecule has 1 unspecified atom stereocenters. The van der Waals surface area contributed by atoms with Crippen LogP contribution in [0.15, 0.2) is 24.3 Å². The Kier molecular flexibility index (Phi) is 5.42. The number of hydrogen-bond donors (Lipinski definition) is 2. The molecule has 2 rings (SSSR count). The number of hydrogen-bond acceptors (Lipinski definition) is 3. The van der Waals surface area contributed by atoms with Crippen molar-refractivity contribution in [1.82, 2.24) is 4.90 Å². The lowest BCUT2D eigenvalue weighted by atomic mass is 9.91. The third-order valence-electron chi connectivity index (χ3n) is 4.10. The van der Waals surface area contributed by atoms with Gasteiger partial charge in [0.05, 0.1) is 12.5 Å². The standard InChI is InChI=1S/C18H26N2O3/c1-18(2,3)17(23)20-9-5-7-14(11-20)16(22)19-15-8-4-6-13(10-15)12-21/h4,6,8,10,14,21H,5,7,9,11-12H2,1-3H3,(H,19,22). The molecule has 1 aliphatic rings. The van der Waals surface area contributed by atoms with Gasteiger partial charge in [0.25, 0.3) is 0 Å². The molecule has 2 N–H and O–H groups in total. The van der Waals surface area contributed by atoms with Crippen molar-refractivity contribution < 1.29 is 14.7 Å². The molecule has 1 aromatic rings. The number of nitrogens with one attached hydrogen (secondary N) is 1. The molecule has 0 aromatic heterocycles. The van der Waals surface area contributed by atoms with Crippen LogP contribution in [0.5, 0.6) is 0 Å². The smallest absolute Gasteiger partial charge is 0.229 e. The number of carbonyl (C=O) groups excluding carboxylic acids is 2. The first-order valence-corrected chi connectivity index (χ1v) is 8.11. The van der Waals surface area contributed by atoms with E-state index in [1.807, 2.05) is 20.8 Å². The second-order valence-electron chi connectivity index (χ2n) is 7.19. The molecule has 1 saturated heterocycles. The quantitative estimate of drug-likeness (QED) is 0.899. The van der Waals surface area contributed by atoms with Crippen molar-refractivity contribution in [1.29, 1.82) is 0 Å². The van der Waals surface area contributed by atoms with Crippen LogP contribution in [0.4, 0.5) is 5.69 Å². The molecule has 0 saturated carbocycles. The van der Waals surface area contributed by atoms with Crippen LogP contribution in [0.3, 0.4) is 0 Å². The largest absolute Gasteiger partial charge is 0.392 e. The van der Waals surface area contributed by atoms with Gasteiger partial charge in [-0.2, -0.15) is 0 Å². The van der Waals surface area contributed by atoms with Crippen molar-refractivity contribution in [2.24, 2.45) is 11.3 Å². The number of likely N-dealkylation sites (tertiary alicyclic amines) is 1. The summed E-state index contributed by atoms with van der Waals surface area (Å²) in [6.07, 6.45) is 1.63. The van der Waals surface area contributed by atoms with Crippen LogP contribution < -0.4 is 5.32 Å². The van der Waals surface area contributed by atoms with Gasteiger partial charge >= 0.3 is 0 Å². The average Bonchev–Trinajstić information content (AvgIpc) is 2.53. The molecular weight excluding hydrogens is 292 g/mol. The highest BCUT2D eigenvalue weighted by Gasteiger charge is 2.33. The summed E-state index contributed by atoms with van der Waals surface area (Å²) in [4.78, 5) is 26.7. The number of aliphatic hydroxyl groups is 1. The molecule has 0 bridgehead atoms. The van der Waals surface area contributed by atoms with Crippen LogP contribution in [-0.4, -0.2) is 34.9 Å². The molecule has 2 amide bonds. The molecule has 5 heteroatoms. The van der Waals surface area contributed by atoms with E-state index in [2.05, 4.69) is 5.32 Å². The Labute approximate surface area is 137 Å². The van der Waals surface area contributed by atoms with Gasteiger partial charge in [0, 0.05) is 24.2 Å². The fourth-order valence-corrected chi connectivity index (χ4v) is 2.84. The average molecular weight is 318 g/mol. The number of aliphatic hydroxyl groups excluding tert-OH is 1. The van der Waals surface area contributed by atoms with Gasteiger partial charge in [-0.25, -0.2) is 0 Å². The number of rotatable bonds is 3. The monoisotopic (exact) mass is 318 g/mol. The second-order valence-corrected chi connectivity index (χ2v) is 7.19. The van der Waals surface area contributed by atoms with Crippen molar-refractivity contribution in [2.75, 3.05) is 18.4 Å². The molecule has 0 aliphatic carbocycles. The molecular formula is C18H26N2O3. The Morgan fingerprint density at radius 2 is 2.09 bits per heavy atom. The van der Waals surface area contributed by atoms with E-state index in [9.17, 15) is 9.59 Å². The maximum Gasteiger partial charge on any atom is 0.229 e. The van der Waals surface area contributed by atoms with E-state index < -0.39 is 5.41 Å². The summed E-state index contributed by atoms with van der Waals surface area (Å²) in [5, 5.41) is 12.1. The fraction of sp³-hybridized carbons (Fsp3) is 0.556. The highest BCUT2D eigenvalue weighted by molar-refractivity contribution is 5.93. The number of anilines is 1. The lowest BCUT2D eigenvalue weighted by Crippen LogP contribution is -2.47. The molecule has 0 spiro atoms. The van der Waals surface area contributed by atoms with E-state index in [0.717, 1.165) is 24.9 Å². The minimum Gasteiger partial charge on any atom is -0.392 e. The van der Waals surface area contributed by atoms with Crippen molar-refractivity contribution in [3.63, 3.8) is 0 Å². The predicted octanol–water partition coefficient (Wildman–Crippen LogP) is 2.40. The Morgan fingerprint density at radius 3 is 2.74 bits per heavy atom. The van der Waals surface area contributed by atoms with Gasteiger partial charge in [0.1, 0.15) is 0 Å². The zero-order valence-corrected chi connectivity index (χ0v) is 14.1. The summed E-state index contributed by atoms with van der Waals surface area (Å²) >= 11 is 0. The van der Waals surface area contributed by atoms with Gasteiger partial charge in [-0.3, -0.25) is 9.59 Å². The van der Waals surface area contributed by atoms with Gasteiger partial charge in [0.2, 0.25) is 11.8 Å². The molecule has 1 fully saturated rings. The maximum absolute atomic E-state index is 12.5. The molecule has 5 nitrogen and oxygen atoms in total. The Bertz CT molecular complexity index is 578. The number of benzene rings is 1. The third kappa shape index (κ3) is 4.55. The number of piperidine rings is 1. The van der Waals surface area contributed by atoms with E-state index in [4.69, 9.17) is 5.11 Å². The first kappa shape index (κ1) is 17.5. The van der Waals surface area contributed by atoms with Crippen molar-refractivity contribution in [2.45, 2.75) is 40.2 Å². The Balaban J connectivity index is 2.00. The van der Waals surface area contributed by atoms with Crippen molar-refractivity contribution >= 4 is 17.5 Å². The summed E-state index contributed by atoms with van der Waals surface area (Å²) in [7, 11) is 0. The zero-order chi connectivity index (χ0) is 17.0. The minimum absolute atomic E-state index is 0.0546. The van der Waals surface area contributed by atoms with E-state index in [1.165, 1.54) is 0 Å². The normalized spacial score (nSPS) is 18.6. The molecule has 1 atom stereocenters. The molecule has 23 heavy (non-hydrogen) atoms. The van der Waals surface area contributed by atoms with E-state index in [-0.39, 0.29) is 24.3 Å². The summed E-state index contributed by atoms with van der Waals surface area (Å²) < 4.78 is 0. The van der Waals surface area contributed by atoms with Crippen LogP contribution in [0, 0.1) is 11.3 Å². The van der Waals surface area contributed by atoms with Crippen LogP contribution in [0.1, 0.15) is 39.2 Å². The topological polar surface area (TPSA) is 69.6 Å². The van der Waals surface area contributed by atoms with Gasteiger partial charge in [0.15, 0.2) is 0 Å². The van der Waals surface area contributed by atoms with E-state index >= 15 is 0 Å². The summed E-state index contributed by atoms with van der Waals surface area (Å²) in [6.45, 7) is 6.85. The van der Waals surface area contributed by atoms with Crippen molar-refractivity contribution in [3.05, 3.63) is 29.8 Å². The van der Waals surface area contributed by atoms with Crippen LogP contribution in [0.2, 0.25) is 0 Å². The fourth-order valence-electron chi connectivity index (χ4n) is 2.84. The highest BCUT2D eigenvalue weighted by atomic mass is 16.3. The Hall–Kier alpha value is -1.88. The van der Waals surface area contributed by atoms with Gasteiger partial charge < -0.3 is 15.3 Å². The van der Waals surface area contributed by atoms with Crippen LogP contribution in [0.25, 0.3) is 0 Å². The lowest BCUT2D eigenvalue weighted by molar-refractivity contribution is -0.142. The summed E-state index contributed by atoms with van der Waals surface area (Å²) in [5.41, 5.74) is 1.02. The Morgan fingerprint density at radius 1 is 1.35 bits per heavy atom. The molecule has 1 aromatic carbocycles. The predicted molar refractivity (Wildman–Crippen MR) is 89.8 cm³/mol. The first-order valence-electron chi connectivity index (χ1n) is 8.11. The van der Waals surface area contributed by atoms with Gasteiger partial charge in [-0.05, 0) is 30.5 Å². The van der Waals surface area contributed by atoms with Crippen molar-refractivity contribution in [3.8, 4) is 0 Å². The summed E-state index contributed by atoms with van der Waals surface area (Å²) in [5.74, 6) is -0.156. The maximum atomic E-state index is 12.5. The van der Waals surface area contributed by atoms with Crippen LogP contribution >= 0.6 is 0 Å². The minimum atomic E-state index is -0.423. The number of nitrogens with zero attached hydrogens (tertiary/aromatic N) is 1. The third-order valence-corrected chi connectivity index (χ3v) is 4.10. The zero-order valence-electron chi connectivity index (χ0n) is 14.1. The second kappa shape index (κ2) is 7.13. The molecule has 1 aliphatic heterocycles. The molecule has 0 radical (unpaired) electrons. The van der Waals surface area contributed by atoms with Gasteiger partial charge in [-0.15, -0.1) is 0 Å². The van der Waals surface area contributed by atoms with Crippen LogP contribution in [-0.2, 0) is 16.2 Å². The molecule has 1 heterocycles.